The molecule has 7 heteroatoms. The van der Waals surface area contributed by atoms with Gasteiger partial charge in [-0.25, -0.2) is 10.1 Å². The zero-order chi connectivity index (χ0) is 14.1. The molecule has 0 amide bonds. The number of nitrogens with one attached hydrogen (secondary N) is 1. The van der Waals surface area contributed by atoms with Crippen molar-refractivity contribution in [2.75, 3.05) is 13.1 Å². The Hall–Kier alpha value is -1.05. The maximum absolute atomic E-state index is 5.45. The minimum atomic E-state index is 0.309. The molecule has 0 unspecified atom stereocenters. The van der Waals surface area contributed by atoms with Crippen molar-refractivity contribution in [3.63, 3.8) is 0 Å². The van der Waals surface area contributed by atoms with E-state index in [9.17, 15) is 0 Å². The molecule has 2 aromatic heterocycles. The van der Waals surface area contributed by atoms with E-state index in [1.54, 1.807) is 11.3 Å². The maximum atomic E-state index is 5.45. The van der Waals surface area contributed by atoms with Crippen LogP contribution in [0.4, 0.5) is 0 Å². The van der Waals surface area contributed by atoms with Gasteiger partial charge in [0.05, 0.1) is 12.2 Å². The molecule has 108 valence electrons. The topological polar surface area (TPSA) is 58.0 Å². The molecule has 0 saturated carbocycles. The molecule has 0 aliphatic carbocycles. The normalized spacial score (nSPS) is 16.4. The molecule has 0 bridgehead atoms. The number of H-pyrrole nitrogens is 1. The van der Waals surface area contributed by atoms with E-state index >= 15 is 0 Å². The van der Waals surface area contributed by atoms with Crippen LogP contribution in [0.3, 0.4) is 0 Å². The molecule has 1 aliphatic heterocycles. The van der Waals surface area contributed by atoms with Gasteiger partial charge in [-0.1, -0.05) is 13.8 Å². The fourth-order valence-corrected chi connectivity index (χ4v) is 3.76. The maximum Gasteiger partial charge on any atom is 0.284 e. The standard InChI is InChI=1S/C13H18N4OS2/c1-8(2)10-11(12-15-16-13(19)18-12)20-9(14-10)7-17-5-3-4-6-17/h8H,3-7H2,1-2H3,(H,16,19). The number of likely N-dealkylation sites (tertiary alicyclic amines) is 1. The molecule has 0 atom stereocenters. The molecule has 5 nitrogen and oxygen atoms in total. The quantitative estimate of drug-likeness (QED) is 0.875. The number of hydrogen-bond acceptors (Lipinski definition) is 6. The predicted molar refractivity (Wildman–Crippen MR) is 81.4 cm³/mol. The summed E-state index contributed by atoms with van der Waals surface area (Å²) in [4.78, 5) is 8.55. The van der Waals surface area contributed by atoms with Gasteiger partial charge in [0, 0.05) is 0 Å². The largest absolute Gasteiger partial charge is 0.408 e. The SMILES string of the molecule is CC(C)c1nc(CN2CCCC2)sc1-c1n[nH]c(=S)o1. The number of aromatic nitrogens is 3. The first-order chi connectivity index (χ1) is 9.63. The third-order valence-corrected chi connectivity index (χ3v) is 4.65. The van der Waals surface area contributed by atoms with E-state index in [2.05, 4.69) is 28.9 Å². The second kappa shape index (κ2) is 5.75. The highest BCUT2D eigenvalue weighted by atomic mass is 32.1. The van der Waals surface area contributed by atoms with E-state index in [4.69, 9.17) is 21.6 Å². The highest BCUT2D eigenvalue weighted by Crippen LogP contribution is 2.34. The molecule has 0 spiro atoms. The molecule has 20 heavy (non-hydrogen) atoms. The van der Waals surface area contributed by atoms with Crippen molar-refractivity contribution in [3.8, 4) is 10.8 Å². The van der Waals surface area contributed by atoms with Gasteiger partial charge in [0.2, 0.25) is 0 Å². The molecular formula is C13H18N4OS2. The van der Waals surface area contributed by atoms with E-state index in [-0.39, 0.29) is 0 Å². The van der Waals surface area contributed by atoms with E-state index in [0.717, 1.165) is 22.1 Å². The third-order valence-electron chi connectivity index (χ3n) is 3.43. The average molecular weight is 310 g/mol. The Kier molecular flexibility index (Phi) is 4.00. The number of thiazole rings is 1. The van der Waals surface area contributed by atoms with E-state index in [1.165, 1.54) is 25.9 Å². The van der Waals surface area contributed by atoms with Gasteiger partial charge < -0.3 is 4.42 Å². The minimum Gasteiger partial charge on any atom is -0.408 e. The van der Waals surface area contributed by atoms with Gasteiger partial charge in [-0.2, -0.15) is 0 Å². The van der Waals surface area contributed by atoms with Crippen LogP contribution in [0.25, 0.3) is 10.8 Å². The summed E-state index contributed by atoms with van der Waals surface area (Å²) in [7, 11) is 0. The summed E-state index contributed by atoms with van der Waals surface area (Å²) in [5.74, 6) is 0.901. The van der Waals surface area contributed by atoms with Crippen LogP contribution < -0.4 is 0 Å². The van der Waals surface area contributed by atoms with Crippen LogP contribution in [0.5, 0.6) is 0 Å². The van der Waals surface area contributed by atoms with Crippen molar-refractivity contribution < 1.29 is 4.42 Å². The Bertz CT molecular complexity index is 637. The molecule has 1 saturated heterocycles. The number of rotatable bonds is 4. The Morgan fingerprint density at radius 1 is 1.40 bits per heavy atom. The van der Waals surface area contributed by atoms with Gasteiger partial charge >= 0.3 is 0 Å². The Labute approximate surface area is 127 Å². The second-order valence-corrected chi connectivity index (χ2v) is 6.83. The van der Waals surface area contributed by atoms with Crippen LogP contribution in [0.1, 0.15) is 43.3 Å². The number of aromatic amines is 1. The van der Waals surface area contributed by atoms with Gasteiger partial charge in [0.1, 0.15) is 9.88 Å². The second-order valence-electron chi connectivity index (χ2n) is 5.38. The summed E-state index contributed by atoms with van der Waals surface area (Å²) in [6.07, 6.45) is 2.59. The molecule has 1 aliphatic rings. The zero-order valence-corrected chi connectivity index (χ0v) is 13.3. The molecule has 1 fully saturated rings. The summed E-state index contributed by atoms with van der Waals surface area (Å²) >= 11 is 6.62. The van der Waals surface area contributed by atoms with Gasteiger partial charge in [-0.3, -0.25) is 4.90 Å². The lowest BCUT2D eigenvalue weighted by Gasteiger charge is -2.11. The van der Waals surface area contributed by atoms with Crippen molar-refractivity contribution in [1.82, 2.24) is 20.1 Å². The number of hydrogen-bond donors (Lipinski definition) is 1. The van der Waals surface area contributed by atoms with Crippen LogP contribution in [0.15, 0.2) is 4.42 Å². The van der Waals surface area contributed by atoms with Crippen LogP contribution in [0.2, 0.25) is 0 Å². The first-order valence-electron chi connectivity index (χ1n) is 6.91. The van der Waals surface area contributed by atoms with E-state index < -0.39 is 0 Å². The fourth-order valence-electron chi connectivity index (χ4n) is 2.45. The minimum absolute atomic E-state index is 0.309. The van der Waals surface area contributed by atoms with Crippen LogP contribution in [-0.2, 0) is 6.54 Å². The van der Waals surface area contributed by atoms with Crippen LogP contribution >= 0.6 is 23.6 Å². The molecule has 1 N–H and O–H groups in total. The van der Waals surface area contributed by atoms with Crippen molar-refractivity contribution >= 4 is 23.6 Å². The van der Waals surface area contributed by atoms with Gasteiger partial charge in [-0.15, -0.1) is 16.4 Å². The summed E-state index contributed by atoms with van der Waals surface area (Å²) in [5, 5.41) is 7.95. The molecule has 3 rings (SSSR count). The van der Waals surface area contributed by atoms with Gasteiger partial charge in [0.25, 0.3) is 10.7 Å². The smallest absolute Gasteiger partial charge is 0.284 e. The highest BCUT2D eigenvalue weighted by molar-refractivity contribution is 7.71. The molecule has 0 aromatic carbocycles. The summed E-state index contributed by atoms with van der Waals surface area (Å²) in [6, 6.07) is 0. The molecular weight excluding hydrogens is 292 g/mol. The molecule has 0 radical (unpaired) electrons. The van der Waals surface area contributed by atoms with E-state index in [1.807, 2.05) is 0 Å². The van der Waals surface area contributed by atoms with Crippen molar-refractivity contribution in [1.29, 1.82) is 0 Å². The fraction of sp³-hybridized carbons (Fsp3) is 0.615. The number of nitrogens with zero attached hydrogens (tertiary/aromatic N) is 3. The van der Waals surface area contributed by atoms with Gasteiger partial charge in [-0.05, 0) is 44.1 Å². The Morgan fingerprint density at radius 2 is 2.15 bits per heavy atom. The summed E-state index contributed by atoms with van der Waals surface area (Å²) in [6.45, 7) is 7.55. The highest BCUT2D eigenvalue weighted by Gasteiger charge is 2.21. The van der Waals surface area contributed by atoms with Crippen molar-refractivity contribution in [2.45, 2.75) is 39.2 Å². The van der Waals surface area contributed by atoms with E-state index in [0.29, 0.717) is 16.6 Å². The Morgan fingerprint density at radius 3 is 2.75 bits per heavy atom. The lowest BCUT2D eigenvalue weighted by atomic mass is 10.1. The first kappa shape index (κ1) is 13.9. The summed E-state index contributed by atoms with van der Waals surface area (Å²) in [5.41, 5.74) is 1.05. The average Bonchev–Trinajstić information content (AvgIpc) is 3.09. The van der Waals surface area contributed by atoms with Crippen LogP contribution in [-0.4, -0.2) is 33.2 Å². The zero-order valence-electron chi connectivity index (χ0n) is 11.7. The lowest BCUT2D eigenvalue weighted by molar-refractivity contribution is 0.330. The lowest BCUT2D eigenvalue weighted by Crippen LogP contribution is -2.18. The third kappa shape index (κ3) is 2.84. The molecule has 3 heterocycles. The summed E-state index contributed by atoms with van der Waals surface area (Å²) < 4.78 is 5.45. The Balaban J connectivity index is 1.91. The monoisotopic (exact) mass is 310 g/mol. The first-order valence-corrected chi connectivity index (χ1v) is 8.14. The van der Waals surface area contributed by atoms with Crippen molar-refractivity contribution in [3.05, 3.63) is 15.5 Å². The van der Waals surface area contributed by atoms with Gasteiger partial charge in [0.15, 0.2) is 0 Å². The predicted octanol–water partition coefficient (Wildman–Crippen LogP) is 3.57. The molecule has 2 aromatic rings. The van der Waals surface area contributed by atoms with Crippen molar-refractivity contribution in [2.24, 2.45) is 0 Å². The van der Waals surface area contributed by atoms with Crippen LogP contribution in [0, 0.1) is 4.84 Å².